The quantitative estimate of drug-likeness (QED) is 0.335. The maximum absolute atomic E-state index is 13.3. The van der Waals surface area contributed by atoms with Gasteiger partial charge in [0.2, 0.25) is 11.8 Å². The number of nitrogens with one attached hydrogen (secondary N) is 1. The van der Waals surface area contributed by atoms with Crippen molar-refractivity contribution in [2.45, 2.75) is 13.3 Å². The monoisotopic (exact) mass is 533 g/mol. The van der Waals surface area contributed by atoms with Gasteiger partial charge in [0.1, 0.15) is 11.7 Å². The zero-order valence-corrected chi connectivity index (χ0v) is 22.0. The van der Waals surface area contributed by atoms with Crippen molar-refractivity contribution in [3.05, 3.63) is 96.1 Å². The van der Waals surface area contributed by atoms with Crippen LogP contribution in [0.25, 0.3) is 11.8 Å². The number of rotatable bonds is 9. The Bertz CT molecular complexity index is 1410. The molecule has 38 heavy (non-hydrogen) atoms. The molecule has 2 aromatic carbocycles. The molecule has 2 amide bonds. The Balaban J connectivity index is 1.41. The summed E-state index contributed by atoms with van der Waals surface area (Å²) in [5.41, 5.74) is 2.50. The Morgan fingerprint density at radius 2 is 1.66 bits per heavy atom. The first-order valence-corrected chi connectivity index (χ1v) is 13.9. The second kappa shape index (κ2) is 11.9. The zero-order chi connectivity index (χ0) is 27.1. The van der Waals surface area contributed by atoms with Gasteiger partial charge < -0.3 is 9.80 Å². The van der Waals surface area contributed by atoms with Crippen LogP contribution >= 0.6 is 0 Å². The average Bonchev–Trinajstić information content (AvgIpc) is 3.32. The van der Waals surface area contributed by atoms with Crippen molar-refractivity contribution in [2.24, 2.45) is 5.92 Å². The predicted octanol–water partition coefficient (Wildman–Crippen LogP) is 3.14. The van der Waals surface area contributed by atoms with E-state index in [0.717, 1.165) is 22.6 Å². The Kier molecular flexibility index (Phi) is 8.42. The first-order chi connectivity index (χ1) is 18.3. The highest BCUT2D eigenvalue weighted by Crippen LogP contribution is 2.23. The molecule has 0 saturated carbocycles. The van der Waals surface area contributed by atoms with Crippen LogP contribution in [0.4, 0.5) is 5.82 Å². The number of sulfonamides is 1. The number of hydrogen-bond donors (Lipinski definition) is 1. The standard InChI is InChI=1S/C28H31N5O4S/c1-3-10-25(27(34)30-38(36,37)20-15-23-11-6-4-7-12-23)28(35)32-18-16-31(17-19-32)26-21-22(2)29-33(26)24-13-8-5-9-14-24/h3-9,11-15,20-21,25H,1,10,16-19H2,2H3,(H,30,34). The van der Waals surface area contributed by atoms with Crippen molar-refractivity contribution in [1.29, 1.82) is 0 Å². The number of aromatic nitrogens is 2. The second-order valence-corrected chi connectivity index (χ2v) is 10.6. The largest absolute Gasteiger partial charge is 0.353 e. The first kappa shape index (κ1) is 26.9. The fourth-order valence-corrected chi connectivity index (χ4v) is 5.14. The maximum atomic E-state index is 13.3. The van der Waals surface area contributed by atoms with Crippen LogP contribution in [0, 0.1) is 12.8 Å². The molecule has 10 heteroatoms. The molecule has 9 nitrogen and oxygen atoms in total. The van der Waals surface area contributed by atoms with E-state index in [1.54, 1.807) is 29.2 Å². The number of hydrogen-bond acceptors (Lipinski definition) is 6. The minimum absolute atomic E-state index is 0.0305. The van der Waals surface area contributed by atoms with Gasteiger partial charge in [0.15, 0.2) is 0 Å². The van der Waals surface area contributed by atoms with Gasteiger partial charge in [0, 0.05) is 32.2 Å². The molecular formula is C28H31N5O4S. The average molecular weight is 534 g/mol. The normalized spacial score (nSPS) is 14.9. The minimum atomic E-state index is -4.08. The van der Waals surface area contributed by atoms with Crippen LogP contribution in [-0.2, 0) is 19.6 Å². The molecule has 0 radical (unpaired) electrons. The molecule has 1 aliphatic rings. The smallest absolute Gasteiger partial charge is 0.257 e. The molecule has 0 aliphatic carbocycles. The Morgan fingerprint density at radius 3 is 2.29 bits per heavy atom. The summed E-state index contributed by atoms with van der Waals surface area (Å²) in [4.78, 5) is 29.9. The number of carbonyl (C=O) groups excluding carboxylic acids is 2. The van der Waals surface area contributed by atoms with Gasteiger partial charge in [-0.2, -0.15) is 5.10 Å². The summed E-state index contributed by atoms with van der Waals surface area (Å²) in [6.07, 6.45) is 2.87. The molecule has 198 valence electrons. The summed E-state index contributed by atoms with van der Waals surface area (Å²) in [6, 6.07) is 20.7. The lowest BCUT2D eigenvalue weighted by atomic mass is 10.0. The van der Waals surface area contributed by atoms with Gasteiger partial charge in [0.05, 0.1) is 16.8 Å². The molecule has 1 aromatic heterocycles. The first-order valence-electron chi connectivity index (χ1n) is 12.3. The third kappa shape index (κ3) is 6.57. The van der Waals surface area contributed by atoms with Crippen molar-refractivity contribution in [3.63, 3.8) is 0 Å². The van der Waals surface area contributed by atoms with Gasteiger partial charge in [-0.3, -0.25) is 9.59 Å². The third-order valence-corrected chi connectivity index (χ3v) is 7.21. The highest BCUT2D eigenvalue weighted by molar-refractivity contribution is 7.93. The second-order valence-electron chi connectivity index (χ2n) is 9.01. The molecule has 3 aromatic rings. The number of benzene rings is 2. The lowest BCUT2D eigenvalue weighted by molar-refractivity contribution is -0.141. The van der Waals surface area contributed by atoms with E-state index in [1.807, 2.05) is 58.8 Å². The van der Waals surface area contributed by atoms with Crippen molar-refractivity contribution in [3.8, 4) is 5.69 Å². The summed E-state index contributed by atoms with van der Waals surface area (Å²) < 4.78 is 28.9. The number of carbonyl (C=O) groups is 2. The molecular weight excluding hydrogens is 502 g/mol. The zero-order valence-electron chi connectivity index (χ0n) is 21.2. The highest BCUT2D eigenvalue weighted by Gasteiger charge is 2.33. The summed E-state index contributed by atoms with van der Waals surface area (Å²) in [5.74, 6) is -1.54. The van der Waals surface area contributed by atoms with Gasteiger partial charge in [-0.15, -0.1) is 6.58 Å². The summed E-state index contributed by atoms with van der Waals surface area (Å²) in [5, 5.41) is 5.55. The summed E-state index contributed by atoms with van der Waals surface area (Å²) in [7, 11) is -4.08. The molecule has 1 atom stereocenters. The van der Waals surface area contributed by atoms with E-state index in [0.29, 0.717) is 31.7 Å². The van der Waals surface area contributed by atoms with Gasteiger partial charge in [-0.25, -0.2) is 17.8 Å². The van der Waals surface area contributed by atoms with E-state index in [4.69, 9.17) is 0 Å². The predicted molar refractivity (Wildman–Crippen MR) is 148 cm³/mol. The van der Waals surface area contributed by atoms with Crippen molar-refractivity contribution in [2.75, 3.05) is 31.1 Å². The van der Waals surface area contributed by atoms with Gasteiger partial charge >= 0.3 is 0 Å². The lowest BCUT2D eigenvalue weighted by Gasteiger charge is -2.37. The summed E-state index contributed by atoms with van der Waals surface area (Å²) in [6.45, 7) is 7.45. The molecule has 0 bridgehead atoms. The van der Waals surface area contributed by atoms with Gasteiger partial charge in [-0.1, -0.05) is 54.6 Å². The number of allylic oxidation sites excluding steroid dienone is 1. The van der Waals surface area contributed by atoms with Gasteiger partial charge in [-0.05, 0) is 37.1 Å². The van der Waals surface area contributed by atoms with Crippen LogP contribution in [0.15, 0.2) is 84.8 Å². The lowest BCUT2D eigenvalue weighted by Crippen LogP contribution is -2.53. The van der Waals surface area contributed by atoms with Crippen molar-refractivity contribution >= 4 is 33.7 Å². The number of amides is 2. The van der Waals surface area contributed by atoms with E-state index < -0.39 is 27.8 Å². The fourth-order valence-electron chi connectivity index (χ4n) is 4.31. The maximum Gasteiger partial charge on any atom is 0.257 e. The molecule has 1 saturated heterocycles. The minimum Gasteiger partial charge on any atom is -0.353 e. The van der Waals surface area contributed by atoms with E-state index in [1.165, 1.54) is 12.2 Å². The molecule has 2 heterocycles. The third-order valence-electron chi connectivity index (χ3n) is 6.23. The van der Waals surface area contributed by atoms with Crippen LogP contribution in [0.5, 0.6) is 0 Å². The molecule has 1 aliphatic heterocycles. The number of anilines is 1. The van der Waals surface area contributed by atoms with Crippen molar-refractivity contribution < 1.29 is 18.0 Å². The fraction of sp³-hybridized carbons (Fsp3) is 0.250. The molecule has 0 spiro atoms. The van der Waals surface area contributed by atoms with Crippen LogP contribution < -0.4 is 9.62 Å². The van der Waals surface area contributed by atoms with Crippen LogP contribution in [0.2, 0.25) is 0 Å². The molecule has 1 fully saturated rings. The van der Waals surface area contributed by atoms with E-state index >= 15 is 0 Å². The van der Waals surface area contributed by atoms with E-state index in [-0.39, 0.29) is 6.42 Å². The number of para-hydroxylation sites is 1. The van der Waals surface area contributed by atoms with Crippen LogP contribution in [-0.4, -0.2) is 61.1 Å². The topological polar surface area (TPSA) is 105 Å². The molecule has 1 N–H and O–H groups in total. The van der Waals surface area contributed by atoms with E-state index in [2.05, 4.69) is 16.6 Å². The SMILES string of the molecule is C=CCC(C(=O)NS(=O)(=O)C=Cc1ccccc1)C(=O)N1CCN(c2cc(C)nn2-c2ccccc2)CC1. The van der Waals surface area contributed by atoms with Crippen LogP contribution in [0.3, 0.4) is 0 Å². The summed E-state index contributed by atoms with van der Waals surface area (Å²) >= 11 is 0. The molecule has 1 unspecified atom stereocenters. The number of piperazine rings is 1. The van der Waals surface area contributed by atoms with Crippen molar-refractivity contribution in [1.82, 2.24) is 19.4 Å². The Labute approximate surface area is 223 Å². The number of aryl methyl sites for hydroxylation is 1. The Hall–Kier alpha value is -4.18. The molecule has 4 rings (SSSR count). The number of nitrogens with zero attached hydrogens (tertiary/aromatic N) is 4. The Morgan fingerprint density at radius 1 is 1.03 bits per heavy atom. The van der Waals surface area contributed by atoms with Crippen LogP contribution in [0.1, 0.15) is 17.7 Å². The highest BCUT2D eigenvalue weighted by atomic mass is 32.2. The van der Waals surface area contributed by atoms with Gasteiger partial charge in [0.25, 0.3) is 10.0 Å². The van der Waals surface area contributed by atoms with E-state index in [9.17, 15) is 18.0 Å².